The molecular weight excluding hydrogens is 310 g/mol. The number of nitrogens with zero attached hydrogens (tertiary/aromatic N) is 1. The van der Waals surface area contributed by atoms with Gasteiger partial charge in [0.25, 0.3) is 5.91 Å². The largest absolute Gasteiger partial charge is 0.496 e. The number of hydrogen-bond acceptors (Lipinski definition) is 6. The molecule has 2 rings (SSSR count). The first kappa shape index (κ1) is 17.1. The molecule has 7 nitrogen and oxygen atoms in total. The molecule has 0 aromatic heterocycles. The number of carbonyl (C=O) groups is 1. The third kappa shape index (κ3) is 3.75. The molecule has 2 aromatic rings. The highest BCUT2D eigenvalue weighted by Gasteiger charge is 2.11. The molecule has 0 aliphatic rings. The zero-order chi connectivity index (χ0) is 17.5. The Morgan fingerprint density at radius 3 is 2.29 bits per heavy atom. The lowest BCUT2D eigenvalue weighted by Gasteiger charge is -2.11. The van der Waals surface area contributed by atoms with Gasteiger partial charge in [0.05, 0.1) is 33.1 Å². The van der Waals surface area contributed by atoms with Crippen molar-refractivity contribution >= 4 is 17.8 Å². The Labute approximate surface area is 140 Å². The molecule has 7 heteroatoms. The first-order chi connectivity index (χ1) is 11.6. The summed E-state index contributed by atoms with van der Waals surface area (Å²) in [6.45, 7) is 0. The van der Waals surface area contributed by atoms with Crippen molar-refractivity contribution in [3.05, 3.63) is 47.5 Å². The second kappa shape index (κ2) is 7.87. The van der Waals surface area contributed by atoms with E-state index in [0.29, 0.717) is 34.1 Å². The lowest BCUT2D eigenvalue weighted by Crippen LogP contribution is -2.19. The van der Waals surface area contributed by atoms with Crippen LogP contribution in [0.5, 0.6) is 17.2 Å². The van der Waals surface area contributed by atoms with Gasteiger partial charge in [0.15, 0.2) is 11.5 Å². The topological polar surface area (TPSA) is 95.2 Å². The predicted octanol–water partition coefficient (Wildman–Crippen LogP) is 2.06. The molecular formula is C17H19N3O4. The van der Waals surface area contributed by atoms with Crippen LogP contribution in [0, 0.1) is 0 Å². The third-order valence-corrected chi connectivity index (χ3v) is 3.31. The summed E-state index contributed by atoms with van der Waals surface area (Å²) >= 11 is 0. The number of carbonyl (C=O) groups excluding carboxylic acids is 1. The van der Waals surface area contributed by atoms with E-state index in [0.717, 1.165) is 0 Å². The lowest BCUT2D eigenvalue weighted by molar-refractivity contribution is 0.0956. The Morgan fingerprint density at radius 1 is 1.04 bits per heavy atom. The van der Waals surface area contributed by atoms with Crippen molar-refractivity contribution in [1.29, 1.82) is 0 Å². The Kier molecular flexibility index (Phi) is 5.62. The minimum Gasteiger partial charge on any atom is -0.496 e. The minimum atomic E-state index is -0.399. The van der Waals surface area contributed by atoms with Crippen LogP contribution in [-0.2, 0) is 0 Å². The minimum absolute atomic E-state index is 0.355. The molecule has 0 aliphatic heterocycles. The average molecular weight is 329 g/mol. The number of nitrogens with two attached hydrogens (primary N) is 1. The number of amides is 1. The highest BCUT2D eigenvalue weighted by Crippen LogP contribution is 2.33. The predicted molar refractivity (Wildman–Crippen MR) is 92.0 cm³/mol. The van der Waals surface area contributed by atoms with E-state index >= 15 is 0 Å². The van der Waals surface area contributed by atoms with Crippen molar-refractivity contribution < 1.29 is 19.0 Å². The number of nitrogens with one attached hydrogen (secondary N) is 1. The van der Waals surface area contributed by atoms with E-state index in [9.17, 15) is 4.79 Å². The molecule has 1 amide bonds. The van der Waals surface area contributed by atoms with Crippen LogP contribution in [0.15, 0.2) is 41.5 Å². The molecule has 0 unspecified atom stereocenters. The van der Waals surface area contributed by atoms with Gasteiger partial charge in [-0.1, -0.05) is 12.1 Å². The van der Waals surface area contributed by atoms with Gasteiger partial charge in [-0.05, 0) is 18.2 Å². The average Bonchev–Trinajstić information content (AvgIpc) is 2.61. The van der Waals surface area contributed by atoms with Crippen molar-refractivity contribution in [2.75, 3.05) is 27.1 Å². The van der Waals surface area contributed by atoms with Crippen LogP contribution in [0.3, 0.4) is 0 Å². The molecule has 0 saturated carbocycles. The summed E-state index contributed by atoms with van der Waals surface area (Å²) in [7, 11) is 4.60. The molecule has 0 aliphatic carbocycles. The number of anilines is 1. The molecule has 2 aromatic carbocycles. The van der Waals surface area contributed by atoms with E-state index in [1.54, 1.807) is 36.4 Å². The zero-order valence-electron chi connectivity index (χ0n) is 13.7. The van der Waals surface area contributed by atoms with Crippen LogP contribution < -0.4 is 25.4 Å². The number of para-hydroxylation sites is 1. The first-order valence-electron chi connectivity index (χ1n) is 7.08. The van der Waals surface area contributed by atoms with Crippen molar-refractivity contribution in [3.63, 3.8) is 0 Å². The van der Waals surface area contributed by atoms with Crippen LogP contribution >= 0.6 is 0 Å². The molecule has 0 heterocycles. The van der Waals surface area contributed by atoms with Crippen LogP contribution in [0.1, 0.15) is 15.9 Å². The van der Waals surface area contributed by atoms with Gasteiger partial charge in [-0.2, -0.15) is 5.10 Å². The Morgan fingerprint density at radius 2 is 1.67 bits per heavy atom. The first-order valence-corrected chi connectivity index (χ1v) is 7.08. The van der Waals surface area contributed by atoms with Gasteiger partial charge in [-0.25, -0.2) is 5.43 Å². The highest BCUT2D eigenvalue weighted by molar-refractivity contribution is 5.99. The Hall–Kier alpha value is -3.22. The van der Waals surface area contributed by atoms with Crippen molar-refractivity contribution in [3.8, 4) is 17.2 Å². The summed E-state index contributed by atoms with van der Waals surface area (Å²) < 4.78 is 15.7. The van der Waals surface area contributed by atoms with Crippen molar-refractivity contribution in [2.45, 2.75) is 0 Å². The normalized spacial score (nSPS) is 10.5. The van der Waals surface area contributed by atoms with Gasteiger partial charge in [0, 0.05) is 17.3 Å². The van der Waals surface area contributed by atoms with E-state index < -0.39 is 5.91 Å². The van der Waals surface area contributed by atoms with Gasteiger partial charge in [-0.15, -0.1) is 0 Å². The van der Waals surface area contributed by atoms with Gasteiger partial charge < -0.3 is 19.9 Å². The number of rotatable bonds is 6. The number of hydrazone groups is 1. The lowest BCUT2D eigenvalue weighted by atomic mass is 10.2. The van der Waals surface area contributed by atoms with Crippen LogP contribution in [0.4, 0.5) is 5.69 Å². The molecule has 0 spiro atoms. The molecule has 0 saturated heterocycles. The van der Waals surface area contributed by atoms with Gasteiger partial charge in [-0.3, -0.25) is 4.79 Å². The van der Waals surface area contributed by atoms with E-state index in [1.165, 1.54) is 27.5 Å². The fourth-order valence-corrected chi connectivity index (χ4v) is 2.08. The zero-order valence-corrected chi connectivity index (χ0v) is 13.7. The van der Waals surface area contributed by atoms with E-state index in [1.807, 2.05) is 0 Å². The third-order valence-electron chi connectivity index (χ3n) is 3.31. The second-order valence-electron chi connectivity index (χ2n) is 4.74. The molecule has 126 valence electrons. The van der Waals surface area contributed by atoms with E-state index in [4.69, 9.17) is 19.9 Å². The monoisotopic (exact) mass is 329 g/mol. The maximum absolute atomic E-state index is 12.1. The summed E-state index contributed by atoms with van der Waals surface area (Å²) in [6, 6.07) is 10.1. The van der Waals surface area contributed by atoms with Gasteiger partial charge in [0.1, 0.15) is 5.75 Å². The molecule has 24 heavy (non-hydrogen) atoms. The quantitative estimate of drug-likeness (QED) is 0.480. The fourth-order valence-electron chi connectivity index (χ4n) is 2.08. The summed E-state index contributed by atoms with van der Waals surface area (Å²) in [5.74, 6) is 1.19. The van der Waals surface area contributed by atoms with Crippen LogP contribution in [-0.4, -0.2) is 33.5 Å². The summed E-state index contributed by atoms with van der Waals surface area (Å²) in [5.41, 5.74) is 9.55. The molecule has 0 radical (unpaired) electrons. The van der Waals surface area contributed by atoms with Gasteiger partial charge in [0.2, 0.25) is 0 Å². The van der Waals surface area contributed by atoms with Crippen molar-refractivity contribution in [1.82, 2.24) is 5.43 Å². The summed E-state index contributed by atoms with van der Waals surface area (Å²) in [4.78, 5) is 12.1. The summed E-state index contributed by atoms with van der Waals surface area (Å²) in [5, 5.41) is 3.94. The number of benzene rings is 2. The maximum Gasteiger partial charge on any atom is 0.273 e. The highest BCUT2D eigenvalue weighted by atomic mass is 16.5. The van der Waals surface area contributed by atoms with E-state index in [-0.39, 0.29) is 0 Å². The van der Waals surface area contributed by atoms with Crippen LogP contribution in [0.2, 0.25) is 0 Å². The van der Waals surface area contributed by atoms with Crippen LogP contribution in [0.25, 0.3) is 0 Å². The Bertz CT molecular complexity index is 759. The standard InChI is InChI=1S/C17H19N3O4/c1-22-14-9-16(24-3)15(23-2)8-11(14)10-19-20-17(21)12-6-4-5-7-13(12)18/h4-10H,18H2,1-3H3,(H,20,21)/b19-10-. The SMILES string of the molecule is COc1cc(OC)c(OC)cc1/C=N\NC(=O)c1ccccc1N. The fraction of sp³-hybridized carbons (Fsp3) is 0.176. The molecule has 3 N–H and O–H groups in total. The van der Waals surface area contributed by atoms with Gasteiger partial charge >= 0.3 is 0 Å². The summed E-state index contributed by atoms with van der Waals surface area (Å²) in [6.07, 6.45) is 1.46. The van der Waals surface area contributed by atoms with Crippen molar-refractivity contribution in [2.24, 2.45) is 5.10 Å². The smallest absolute Gasteiger partial charge is 0.273 e. The second-order valence-corrected chi connectivity index (χ2v) is 4.74. The Balaban J connectivity index is 2.19. The molecule has 0 atom stereocenters. The number of nitrogen functional groups attached to an aromatic ring is 1. The number of methoxy groups -OCH3 is 3. The number of ether oxygens (including phenoxy) is 3. The maximum atomic E-state index is 12.1. The molecule has 0 bridgehead atoms. The number of hydrogen-bond donors (Lipinski definition) is 2. The molecule has 0 fully saturated rings. The van der Waals surface area contributed by atoms with E-state index in [2.05, 4.69) is 10.5 Å².